The number of aliphatic hydroxyl groups is 1. The number of ether oxygens (including phenoxy) is 1. The Labute approximate surface area is 107 Å². The summed E-state index contributed by atoms with van der Waals surface area (Å²) in [4.78, 5) is 4.33. The minimum atomic E-state index is -0.610. The summed E-state index contributed by atoms with van der Waals surface area (Å²) in [6.07, 6.45) is -0.110. The van der Waals surface area contributed by atoms with Crippen molar-refractivity contribution >= 4 is 0 Å². The molecule has 0 aliphatic rings. The molecule has 0 radical (unpaired) electrons. The average Bonchev–Trinajstić information content (AvgIpc) is 2.39. The minimum Gasteiger partial charge on any atom is -0.496 e. The Morgan fingerprint density at radius 1 is 1.17 bits per heavy atom. The number of aromatic nitrogens is 1. The van der Waals surface area contributed by atoms with Crippen molar-refractivity contribution < 1.29 is 9.84 Å². The van der Waals surface area contributed by atoms with Crippen molar-refractivity contribution in [2.45, 2.75) is 19.4 Å². The normalized spacial score (nSPS) is 12.2. The Bertz CT molecular complexity index is 525. The number of pyridine rings is 1. The zero-order chi connectivity index (χ0) is 13.0. The molecule has 94 valence electrons. The molecule has 18 heavy (non-hydrogen) atoms. The topological polar surface area (TPSA) is 42.4 Å². The number of benzene rings is 1. The first-order valence-corrected chi connectivity index (χ1v) is 5.94. The van der Waals surface area contributed by atoms with Gasteiger partial charge in [0, 0.05) is 12.1 Å². The molecular formula is C15H17NO2. The Morgan fingerprint density at radius 3 is 2.67 bits per heavy atom. The predicted octanol–water partition coefficient (Wildman–Crippen LogP) is 2.67. The fourth-order valence-corrected chi connectivity index (χ4v) is 1.93. The van der Waals surface area contributed by atoms with Gasteiger partial charge >= 0.3 is 0 Å². The number of aryl methyl sites for hydroxylation is 1. The van der Waals surface area contributed by atoms with Gasteiger partial charge in [-0.3, -0.25) is 4.98 Å². The smallest absolute Gasteiger partial charge is 0.122 e. The molecule has 1 unspecified atom stereocenters. The molecule has 1 atom stereocenters. The molecule has 1 aromatic heterocycles. The molecule has 0 spiro atoms. The van der Waals surface area contributed by atoms with E-state index in [1.807, 2.05) is 49.4 Å². The van der Waals surface area contributed by atoms with Crippen LogP contribution in [0, 0.1) is 6.92 Å². The third-order valence-corrected chi connectivity index (χ3v) is 2.86. The van der Waals surface area contributed by atoms with Crippen molar-refractivity contribution in [1.29, 1.82) is 0 Å². The second-order valence-corrected chi connectivity index (χ2v) is 4.24. The summed E-state index contributed by atoms with van der Waals surface area (Å²) >= 11 is 0. The summed E-state index contributed by atoms with van der Waals surface area (Å²) < 4.78 is 5.27. The summed E-state index contributed by atoms with van der Waals surface area (Å²) in [6.45, 7) is 1.92. The van der Waals surface area contributed by atoms with Gasteiger partial charge in [-0.15, -0.1) is 0 Å². The van der Waals surface area contributed by atoms with E-state index in [1.54, 1.807) is 7.11 Å². The fraction of sp³-hybridized carbons (Fsp3) is 0.267. The molecule has 0 aliphatic heterocycles. The lowest BCUT2D eigenvalue weighted by molar-refractivity contribution is 0.172. The highest BCUT2D eigenvalue weighted by atomic mass is 16.5. The Kier molecular flexibility index (Phi) is 3.95. The molecule has 0 bridgehead atoms. The summed E-state index contributed by atoms with van der Waals surface area (Å²) in [5.74, 6) is 0.796. The van der Waals surface area contributed by atoms with Gasteiger partial charge in [0.2, 0.25) is 0 Å². The van der Waals surface area contributed by atoms with Crippen LogP contribution in [0.15, 0.2) is 42.5 Å². The molecule has 3 nitrogen and oxygen atoms in total. The van der Waals surface area contributed by atoms with Gasteiger partial charge in [0.25, 0.3) is 0 Å². The SMILES string of the molecule is COc1ccccc1CC(O)c1cccc(C)n1. The predicted molar refractivity (Wildman–Crippen MR) is 70.6 cm³/mol. The van der Waals surface area contributed by atoms with E-state index in [1.165, 1.54) is 0 Å². The average molecular weight is 243 g/mol. The molecule has 0 aliphatic carbocycles. The van der Waals surface area contributed by atoms with Gasteiger partial charge in [-0.1, -0.05) is 24.3 Å². The van der Waals surface area contributed by atoms with Gasteiger partial charge in [-0.25, -0.2) is 0 Å². The van der Waals surface area contributed by atoms with Crippen molar-refractivity contribution in [1.82, 2.24) is 4.98 Å². The van der Waals surface area contributed by atoms with Crippen molar-refractivity contribution in [2.24, 2.45) is 0 Å². The maximum atomic E-state index is 10.2. The third-order valence-electron chi connectivity index (χ3n) is 2.86. The van der Waals surface area contributed by atoms with Crippen LogP contribution in [0.3, 0.4) is 0 Å². The van der Waals surface area contributed by atoms with Crippen molar-refractivity contribution in [3.05, 3.63) is 59.4 Å². The maximum absolute atomic E-state index is 10.2. The number of hydrogen-bond acceptors (Lipinski definition) is 3. The third kappa shape index (κ3) is 2.87. The molecule has 1 N–H and O–H groups in total. The van der Waals surface area contributed by atoms with Crippen LogP contribution in [0.4, 0.5) is 0 Å². The molecule has 3 heteroatoms. The molecule has 1 heterocycles. The van der Waals surface area contributed by atoms with Gasteiger partial charge < -0.3 is 9.84 Å². The Balaban J connectivity index is 2.18. The summed E-state index contributed by atoms with van der Waals surface area (Å²) in [5, 5.41) is 10.2. The second kappa shape index (κ2) is 5.65. The zero-order valence-corrected chi connectivity index (χ0v) is 10.6. The van der Waals surface area contributed by atoms with Gasteiger partial charge in [-0.05, 0) is 30.7 Å². The number of methoxy groups -OCH3 is 1. The second-order valence-electron chi connectivity index (χ2n) is 4.24. The Morgan fingerprint density at radius 2 is 1.94 bits per heavy atom. The van der Waals surface area contributed by atoms with Gasteiger partial charge in [0.15, 0.2) is 0 Å². The summed E-state index contributed by atoms with van der Waals surface area (Å²) in [5.41, 5.74) is 2.59. The lowest BCUT2D eigenvalue weighted by atomic mass is 10.0. The highest BCUT2D eigenvalue weighted by Gasteiger charge is 2.12. The lowest BCUT2D eigenvalue weighted by Crippen LogP contribution is -2.05. The quantitative estimate of drug-likeness (QED) is 0.897. The van der Waals surface area contributed by atoms with E-state index in [-0.39, 0.29) is 0 Å². The largest absolute Gasteiger partial charge is 0.496 e. The fourth-order valence-electron chi connectivity index (χ4n) is 1.93. The van der Waals surface area contributed by atoms with Crippen LogP contribution >= 0.6 is 0 Å². The molecule has 1 aromatic carbocycles. The molecule has 0 amide bonds. The van der Waals surface area contributed by atoms with Crippen LogP contribution in [-0.4, -0.2) is 17.2 Å². The van der Waals surface area contributed by atoms with Crippen LogP contribution in [0.1, 0.15) is 23.1 Å². The summed E-state index contributed by atoms with van der Waals surface area (Å²) in [7, 11) is 1.64. The first-order valence-electron chi connectivity index (χ1n) is 5.94. The van der Waals surface area contributed by atoms with Gasteiger partial charge in [-0.2, -0.15) is 0 Å². The minimum absolute atomic E-state index is 0.500. The van der Waals surface area contributed by atoms with Crippen LogP contribution in [-0.2, 0) is 6.42 Å². The lowest BCUT2D eigenvalue weighted by Gasteiger charge is -2.13. The number of nitrogens with zero attached hydrogens (tertiary/aromatic N) is 1. The standard InChI is InChI=1S/C15H17NO2/c1-11-6-5-8-13(16-11)14(17)10-12-7-3-4-9-15(12)18-2/h3-9,14,17H,10H2,1-2H3. The highest BCUT2D eigenvalue weighted by molar-refractivity contribution is 5.34. The molecular weight excluding hydrogens is 226 g/mol. The van der Waals surface area contributed by atoms with Crippen LogP contribution < -0.4 is 4.74 Å². The highest BCUT2D eigenvalue weighted by Crippen LogP contribution is 2.23. The molecule has 0 saturated carbocycles. The van der Waals surface area contributed by atoms with E-state index in [0.717, 1.165) is 17.0 Å². The van der Waals surface area contributed by atoms with E-state index in [0.29, 0.717) is 12.1 Å². The summed E-state index contributed by atoms with van der Waals surface area (Å²) in [6, 6.07) is 13.4. The van der Waals surface area contributed by atoms with E-state index < -0.39 is 6.10 Å². The van der Waals surface area contributed by atoms with Crippen LogP contribution in [0.5, 0.6) is 5.75 Å². The van der Waals surface area contributed by atoms with Crippen LogP contribution in [0.2, 0.25) is 0 Å². The molecule has 2 aromatic rings. The van der Waals surface area contributed by atoms with Crippen LogP contribution in [0.25, 0.3) is 0 Å². The number of rotatable bonds is 4. The van der Waals surface area contributed by atoms with E-state index >= 15 is 0 Å². The number of hydrogen-bond donors (Lipinski definition) is 1. The van der Waals surface area contributed by atoms with E-state index in [9.17, 15) is 5.11 Å². The van der Waals surface area contributed by atoms with Crippen molar-refractivity contribution in [3.8, 4) is 5.75 Å². The van der Waals surface area contributed by atoms with E-state index in [2.05, 4.69) is 4.98 Å². The van der Waals surface area contributed by atoms with Crippen molar-refractivity contribution in [2.75, 3.05) is 7.11 Å². The Hall–Kier alpha value is -1.87. The van der Waals surface area contributed by atoms with Gasteiger partial charge in [0.1, 0.15) is 11.9 Å². The number of para-hydroxylation sites is 1. The van der Waals surface area contributed by atoms with Gasteiger partial charge in [0.05, 0.1) is 12.8 Å². The zero-order valence-electron chi connectivity index (χ0n) is 10.6. The molecule has 0 saturated heterocycles. The maximum Gasteiger partial charge on any atom is 0.122 e. The first-order chi connectivity index (χ1) is 8.70. The monoisotopic (exact) mass is 243 g/mol. The number of aliphatic hydroxyl groups excluding tert-OH is 1. The van der Waals surface area contributed by atoms with E-state index in [4.69, 9.17) is 4.74 Å². The van der Waals surface area contributed by atoms with Crippen molar-refractivity contribution in [3.63, 3.8) is 0 Å². The first kappa shape index (κ1) is 12.6. The molecule has 2 rings (SSSR count). The molecule has 0 fully saturated rings.